The second kappa shape index (κ2) is 12.2. The molecule has 33 heavy (non-hydrogen) atoms. The van der Waals surface area contributed by atoms with Crippen LogP contribution in [0.25, 0.3) is 0 Å². The molecular formula is C24H33N5O4. The summed E-state index contributed by atoms with van der Waals surface area (Å²) in [4.78, 5) is 27.0. The van der Waals surface area contributed by atoms with Crippen molar-refractivity contribution in [1.29, 1.82) is 0 Å². The lowest BCUT2D eigenvalue weighted by Crippen LogP contribution is -2.47. The van der Waals surface area contributed by atoms with Gasteiger partial charge in [-0.15, -0.1) is 0 Å². The van der Waals surface area contributed by atoms with Crippen molar-refractivity contribution in [2.75, 3.05) is 48.4 Å². The molecule has 2 aromatic rings. The van der Waals surface area contributed by atoms with Crippen LogP contribution in [0.15, 0.2) is 42.5 Å². The average molecular weight is 456 g/mol. The van der Waals surface area contributed by atoms with E-state index in [0.717, 1.165) is 24.2 Å². The first-order valence-electron chi connectivity index (χ1n) is 11.3. The molecule has 1 aliphatic rings. The van der Waals surface area contributed by atoms with Gasteiger partial charge in [0.2, 0.25) is 5.91 Å². The van der Waals surface area contributed by atoms with E-state index in [0.29, 0.717) is 31.1 Å². The Kier molecular flexibility index (Phi) is 9.05. The molecule has 0 saturated heterocycles. The largest absolute Gasteiger partial charge is 0.384 e. The summed E-state index contributed by atoms with van der Waals surface area (Å²) < 4.78 is 11.2. The summed E-state index contributed by atoms with van der Waals surface area (Å²) >= 11 is 0. The number of anilines is 3. The summed E-state index contributed by atoms with van der Waals surface area (Å²) in [7, 11) is 0. The molecule has 0 fully saturated rings. The molecule has 0 aliphatic carbocycles. The summed E-state index contributed by atoms with van der Waals surface area (Å²) in [6.07, 6.45) is 0.336. The lowest BCUT2D eigenvalue weighted by atomic mass is 10.1. The third-order valence-electron chi connectivity index (χ3n) is 5.26. The van der Waals surface area contributed by atoms with Gasteiger partial charge >= 0.3 is 6.03 Å². The second-order valence-electron chi connectivity index (χ2n) is 7.58. The van der Waals surface area contributed by atoms with Crippen molar-refractivity contribution in [1.82, 2.24) is 5.32 Å². The minimum atomic E-state index is -0.589. The van der Waals surface area contributed by atoms with E-state index in [1.54, 1.807) is 0 Å². The van der Waals surface area contributed by atoms with Gasteiger partial charge in [0.1, 0.15) is 0 Å². The topological polar surface area (TPSA) is 118 Å². The maximum absolute atomic E-state index is 13.0. The van der Waals surface area contributed by atoms with Gasteiger partial charge in [-0.1, -0.05) is 12.1 Å². The Hall–Kier alpha value is -3.14. The van der Waals surface area contributed by atoms with Gasteiger partial charge in [0.05, 0.1) is 13.1 Å². The minimum absolute atomic E-state index is 0.167. The van der Waals surface area contributed by atoms with Crippen LogP contribution in [-0.4, -0.2) is 51.1 Å². The fraction of sp³-hybridized carbons (Fsp3) is 0.417. The van der Waals surface area contributed by atoms with Crippen LogP contribution in [0, 0.1) is 0 Å². The minimum Gasteiger partial charge on any atom is -0.384 e. The van der Waals surface area contributed by atoms with Gasteiger partial charge in [-0.2, -0.15) is 0 Å². The van der Waals surface area contributed by atoms with Crippen molar-refractivity contribution in [2.45, 2.75) is 33.1 Å². The van der Waals surface area contributed by atoms with Crippen LogP contribution >= 0.6 is 0 Å². The Morgan fingerprint density at radius 1 is 1.12 bits per heavy atom. The Bertz CT molecular complexity index is 929. The fourth-order valence-electron chi connectivity index (χ4n) is 3.63. The van der Waals surface area contributed by atoms with Gasteiger partial charge in [0, 0.05) is 43.4 Å². The molecule has 0 unspecified atom stereocenters. The van der Waals surface area contributed by atoms with Crippen LogP contribution in [0.4, 0.5) is 21.9 Å². The van der Waals surface area contributed by atoms with Crippen LogP contribution in [0.1, 0.15) is 25.0 Å². The van der Waals surface area contributed by atoms with Crippen LogP contribution in [-0.2, 0) is 27.2 Å². The summed E-state index contributed by atoms with van der Waals surface area (Å²) in [5.74, 6) is -0.307. The first-order chi connectivity index (χ1) is 16.0. The number of hydrogen-bond acceptors (Lipinski definition) is 6. The zero-order chi connectivity index (χ0) is 23.6. The van der Waals surface area contributed by atoms with E-state index in [-0.39, 0.29) is 19.0 Å². The molecule has 0 aromatic heterocycles. The van der Waals surface area contributed by atoms with E-state index in [1.165, 1.54) is 10.5 Å². The molecule has 5 N–H and O–H groups in total. The molecule has 1 aliphatic heterocycles. The monoisotopic (exact) mass is 455 g/mol. The number of urea groups is 1. The third-order valence-corrected chi connectivity index (χ3v) is 5.26. The highest BCUT2D eigenvalue weighted by Gasteiger charge is 2.22. The molecule has 0 atom stereocenters. The Labute approximate surface area is 194 Å². The van der Waals surface area contributed by atoms with E-state index >= 15 is 0 Å². The molecule has 0 spiro atoms. The van der Waals surface area contributed by atoms with Crippen molar-refractivity contribution >= 4 is 29.0 Å². The lowest BCUT2D eigenvalue weighted by molar-refractivity contribution is -0.128. The fourth-order valence-corrected chi connectivity index (χ4v) is 3.63. The summed E-state index contributed by atoms with van der Waals surface area (Å²) in [6.45, 7) is 5.95. The van der Waals surface area contributed by atoms with Gasteiger partial charge in [-0.25, -0.2) is 4.79 Å². The summed E-state index contributed by atoms with van der Waals surface area (Å²) in [6, 6.07) is 12.7. The Morgan fingerprint density at radius 3 is 2.52 bits per heavy atom. The molecule has 0 radical (unpaired) electrons. The van der Waals surface area contributed by atoms with E-state index in [1.807, 2.05) is 56.3 Å². The highest BCUT2D eigenvalue weighted by atomic mass is 16.7. The maximum Gasteiger partial charge on any atom is 0.322 e. The van der Waals surface area contributed by atoms with E-state index in [2.05, 4.69) is 16.0 Å². The van der Waals surface area contributed by atoms with Crippen molar-refractivity contribution in [2.24, 2.45) is 5.73 Å². The van der Waals surface area contributed by atoms with Crippen LogP contribution in [0.2, 0.25) is 0 Å². The molecule has 1 heterocycles. The molecule has 9 heteroatoms. The summed E-state index contributed by atoms with van der Waals surface area (Å²) in [5.41, 5.74) is 10.3. The highest BCUT2D eigenvalue weighted by molar-refractivity contribution is 5.98. The number of amides is 3. The van der Waals surface area contributed by atoms with Gasteiger partial charge in [-0.3, -0.25) is 9.69 Å². The van der Waals surface area contributed by atoms with E-state index in [9.17, 15) is 9.59 Å². The summed E-state index contributed by atoms with van der Waals surface area (Å²) in [5, 5.41) is 8.82. The zero-order valence-electron chi connectivity index (χ0n) is 19.2. The number of hydrogen-bond donors (Lipinski definition) is 4. The lowest BCUT2D eigenvalue weighted by Gasteiger charge is -2.27. The van der Waals surface area contributed by atoms with Crippen LogP contribution < -0.4 is 26.6 Å². The first-order valence-corrected chi connectivity index (χ1v) is 11.3. The van der Waals surface area contributed by atoms with Crippen molar-refractivity contribution in [3.63, 3.8) is 0 Å². The second-order valence-corrected chi connectivity index (χ2v) is 7.58. The van der Waals surface area contributed by atoms with Gasteiger partial charge in [-0.05, 0) is 61.7 Å². The number of rotatable bonds is 11. The number of nitrogens with two attached hydrogens (primary N) is 1. The number of carbonyl (C=O) groups excluding carboxylic acids is 2. The standard InChI is InChI=1S/C24H33N5O4/c1-3-32-23(33-4-2)16-29(20-8-5-17(14-25)6-9-20)24(31)27-15-22(30)28-19-7-10-21-18(13-19)11-12-26-21/h5-10,13,23,26H,3-4,11-12,14-16,25H2,1-2H3,(H,27,31)(H,28,30). The molecule has 3 amide bonds. The molecular weight excluding hydrogens is 422 g/mol. The van der Waals surface area contributed by atoms with E-state index in [4.69, 9.17) is 15.2 Å². The smallest absolute Gasteiger partial charge is 0.322 e. The molecule has 3 rings (SSSR count). The predicted molar refractivity (Wildman–Crippen MR) is 129 cm³/mol. The van der Waals surface area contributed by atoms with E-state index < -0.39 is 12.3 Å². The molecule has 0 saturated carbocycles. The third kappa shape index (κ3) is 6.92. The quantitative estimate of drug-likeness (QED) is 0.387. The van der Waals surface area contributed by atoms with Crippen molar-refractivity contribution in [3.05, 3.63) is 53.6 Å². The average Bonchev–Trinajstić information content (AvgIpc) is 3.29. The first kappa shape index (κ1) is 24.5. The maximum atomic E-state index is 13.0. The number of benzene rings is 2. The van der Waals surface area contributed by atoms with Crippen LogP contribution in [0.5, 0.6) is 0 Å². The number of nitrogens with one attached hydrogen (secondary N) is 3. The van der Waals surface area contributed by atoms with Gasteiger partial charge < -0.3 is 31.2 Å². The zero-order valence-corrected chi connectivity index (χ0v) is 19.2. The molecule has 2 aromatic carbocycles. The highest BCUT2D eigenvalue weighted by Crippen LogP contribution is 2.25. The molecule has 0 bridgehead atoms. The Morgan fingerprint density at radius 2 is 1.85 bits per heavy atom. The molecule has 9 nitrogen and oxygen atoms in total. The van der Waals surface area contributed by atoms with Crippen LogP contribution in [0.3, 0.4) is 0 Å². The predicted octanol–water partition coefficient (Wildman–Crippen LogP) is 2.67. The number of carbonyl (C=O) groups is 2. The molecule has 178 valence electrons. The number of fused-ring (bicyclic) bond motifs is 1. The normalized spacial score (nSPS) is 12.2. The van der Waals surface area contributed by atoms with Gasteiger partial charge in [0.25, 0.3) is 0 Å². The van der Waals surface area contributed by atoms with Crippen molar-refractivity contribution < 1.29 is 19.1 Å². The van der Waals surface area contributed by atoms with Crippen molar-refractivity contribution in [3.8, 4) is 0 Å². The number of nitrogens with zero attached hydrogens (tertiary/aromatic N) is 1. The number of ether oxygens (including phenoxy) is 2. The Balaban J connectivity index is 1.64. The SMILES string of the molecule is CCOC(CN(C(=O)NCC(=O)Nc1ccc2c(c1)CCN2)c1ccc(CN)cc1)OCC. The van der Waals surface area contributed by atoms with Gasteiger partial charge in [0.15, 0.2) is 6.29 Å².